The fraction of sp³-hybridized carbons (Fsp3) is 0.391. The van der Waals surface area contributed by atoms with Gasteiger partial charge >= 0.3 is 0 Å². The molecule has 0 aliphatic heterocycles. The Balaban J connectivity index is 1.27. The second-order valence-electron chi connectivity index (χ2n) is 7.86. The maximum Gasteiger partial charge on any atom is 0.253 e. The van der Waals surface area contributed by atoms with Crippen LogP contribution in [0.4, 0.5) is 5.69 Å². The molecule has 8 heteroatoms. The predicted molar refractivity (Wildman–Crippen MR) is 120 cm³/mol. The summed E-state index contributed by atoms with van der Waals surface area (Å²) in [6.07, 6.45) is 6.38. The highest BCUT2D eigenvalue weighted by atomic mass is 32.1. The number of nitrogens with zero attached hydrogens (tertiary/aromatic N) is 3. The second kappa shape index (κ2) is 9.87. The number of hydrogen-bond donors (Lipinski definition) is 1. The van der Waals surface area contributed by atoms with Crippen molar-refractivity contribution in [2.24, 2.45) is 0 Å². The molecule has 1 aliphatic rings. The van der Waals surface area contributed by atoms with E-state index < -0.39 is 0 Å². The van der Waals surface area contributed by atoms with E-state index in [2.05, 4.69) is 15.5 Å². The van der Waals surface area contributed by atoms with Crippen molar-refractivity contribution >= 4 is 28.8 Å². The van der Waals surface area contributed by atoms with E-state index in [-0.39, 0.29) is 18.2 Å². The number of nitrogens with one attached hydrogen (secondary N) is 1. The third-order valence-electron chi connectivity index (χ3n) is 5.67. The molecule has 0 spiro atoms. The normalized spacial score (nSPS) is 14.4. The number of carbonyl (C=O) groups is 2. The minimum atomic E-state index is -0.145. The average Bonchev–Trinajstić information content (AvgIpc) is 3.50. The van der Waals surface area contributed by atoms with Crippen molar-refractivity contribution in [3.63, 3.8) is 0 Å². The Morgan fingerprint density at radius 2 is 1.94 bits per heavy atom. The summed E-state index contributed by atoms with van der Waals surface area (Å²) in [6, 6.07) is 9.31. The van der Waals surface area contributed by atoms with E-state index in [4.69, 9.17) is 4.52 Å². The fourth-order valence-corrected chi connectivity index (χ4v) is 4.48. The van der Waals surface area contributed by atoms with Gasteiger partial charge in [0.25, 0.3) is 5.91 Å². The smallest absolute Gasteiger partial charge is 0.253 e. The Morgan fingerprint density at radius 3 is 2.65 bits per heavy atom. The van der Waals surface area contributed by atoms with Gasteiger partial charge in [-0.25, -0.2) is 0 Å². The molecule has 3 aromatic rings. The molecular weight excluding hydrogens is 412 g/mol. The van der Waals surface area contributed by atoms with Crippen LogP contribution in [0.5, 0.6) is 0 Å². The number of anilines is 1. The zero-order valence-electron chi connectivity index (χ0n) is 17.5. The largest absolute Gasteiger partial charge is 0.339 e. The van der Waals surface area contributed by atoms with Crippen LogP contribution >= 0.6 is 11.3 Å². The Labute approximate surface area is 185 Å². The highest BCUT2D eigenvalue weighted by Gasteiger charge is 2.23. The molecule has 0 atom stereocenters. The van der Waals surface area contributed by atoms with Gasteiger partial charge in [-0.2, -0.15) is 16.3 Å². The molecule has 4 rings (SSSR count). The lowest BCUT2D eigenvalue weighted by molar-refractivity contribution is -0.116. The predicted octanol–water partition coefficient (Wildman–Crippen LogP) is 4.77. The molecule has 1 saturated carbocycles. The van der Waals surface area contributed by atoms with Crippen LogP contribution in [0.1, 0.15) is 54.8 Å². The van der Waals surface area contributed by atoms with Crippen LogP contribution in [0.3, 0.4) is 0 Å². The summed E-state index contributed by atoms with van der Waals surface area (Å²) in [5.41, 5.74) is 2.21. The van der Waals surface area contributed by atoms with Crippen LogP contribution in [0.15, 0.2) is 45.6 Å². The van der Waals surface area contributed by atoms with Crippen LogP contribution < -0.4 is 5.32 Å². The van der Waals surface area contributed by atoms with Crippen LogP contribution in [0.2, 0.25) is 0 Å². The van der Waals surface area contributed by atoms with E-state index in [1.165, 1.54) is 19.3 Å². The Bertz CT molecular complexity index is 1010. The second-order valence-corrected chi connectivity index (χ2v) is 8.64. The lowest BCUT2D eigenvalue weighted by atomic mass is 9.94. The zero-order chi connectivity index (χ0) is 21.6. The van der Waals surface area contributed by atoms with Gasteiger partial charge in [-0.15, -0.1) is 0 Å². The van der Waals surface area contributed by atoms with Crippen molar-refractivity contribution < 1.29 is 14.1 Å². The van der Waals surface area contributed by atoms with E-state index in [1.54, 1.807) is 35.6 Å². The molecule has 162 valence electrons. The molecule has 0 bridgehead atoms. The first kappa shape index (κ1) is 21.2. The topological polar surface area (TPSA) is 88.3 Å². The minimum Gasteiger partial charge on any atom is -0.339 e. The number of benzene rings is 1. The van der Waals surface area contributed by atoms with Crippen LogP contribution in [-0.4, -0.2) is 39.9 Å². The summed E-state index contributed by atoms with van der Waals surface area (Å²) in [4.78, 5) is 31.2. The first-order valence-corrected chi connectivity index (χ1v) is 11.6. The molecule has 1 N–H and O–H groups in total. The number of aromatic nitrogens is 2. The summed E-state index contributed by atoms with van der Waals surface area (Å²) in [5.74, 6) is 0.856. The standard InChI is InChI=1S/C23H26N4O3S/c1-27(19-5-3-2-4-6-19)23(29)16-7-9-18(10-8-16)24-20(28)11-12-21-25-22(26-30-21)17-13-14-31-15-17/h7-10,13-15,19H,2-6,11-12H2,1H3,(H,24,28). The molecule has 2 amide bonds. The molecule has 31 heavy (non-hydrogen) atoms. The van der Waals surface area contributed by atoms with Gasteiger partial charge in [0, 0.05) is 48.1 Å². The highest BCUT2D eigenvalue weighted by molar-refractivity contribution is 7.08. The molecule has 0 radical (unpaired) electrons. The van der Waals surface area contributed by atoms with Crippen LogP contribution in [0, 0.1) is 0 Å². The number of rotatable bonds is 7. The van der Waals surface area contributed by atoms with Gasteiger partial charge in [-0.1, -0.05) is 24.4 Å². The first-order valence-electron chi connectivity index (χ1n) is 10.6. The van der Waals surface area contributed by atoms with Gasteiger partial charge in [-0.3, -0.25) is 9.59 Å². The average molecular weight is 439 g/mol. The van der Waals surface area contributed by atoms with Gasteiger partial charge in [0.1, 0.15) is 0 Å². The lowest BCUT2D eigenvalue weighted by Gasteiger charge is -2.31. The van der Waals surface area contributed by atoms with Gasteiger partial charge in [0.2, 0.25) is 17.6 Å². The van der Waals surface area contributed by atoms with Gasteiger partial charge in [-0.05, 0) is 48.6 Å². The summed E-state index contributed by atoms with van der Waals surface area (Å²) in [6.45, 7) is 0. The molecule has 2 aromatic heterocycles. The Kier molecular flexibility index (Phi) is 6.76. The third kappa shape index (κ3) is 5.38. The third-order valence-corrected chi connectivity index (χ3v) is 6.35. The number of thiophene rings is 1. The number of aryl methyl sites for hydroxylation is 1. The molecule has 1 aromatic carbocycles. The Hall–Kier alpha value is -3.00. The van der Waals surface area contributed by atoms with Crippen LogP contribution in [-0.2, 0) is 11.2 Å². The molecule has 0 unspecified atom stereocenters. The lowest BCUT2D eigenvalue weighted by Crippen LogP contribution is -2.38. The van der Waals surface area contributed by atoms with Gasteiger partial charge in [0.15, 0.2) is 0 Å². The zero-order valence-corrected chi connectivity index (χ0v) is 18.4. The van der Waals surface area contributed by atoms with Crippen molar-refractivity contribution in [2.75, 3.05) is 12.4 Å². The summed E-state index contributed by atoms with van der Waals surface area (Å²) < 4.78 is 5.22. The minimum absolute atomic E-state index is 0.0302. The SMILES string of the molecule is CN(C(=O)c1ccc(NC(=O)CCc2nc(-c3ccsc3)no2)cc1)C1CCCCC1. The molecule has 0 saturated heterocycles. The van der Waals surface area contributed by atoms with Crippen molar-refractivity contribution in [2.45, 2.75) is 51.0 Å². The molecule has 1 fully saturated rings. The van der Waals surface area contributed by atoms with E-state index in [1.807, 2.05) is 28.8 Å². The van der Waals surface area contributed by atoms with Crippen molar-refractivity contribution in [3.8, 4) is 11.4 Å². The maximum absolute atomic E-state index is 12.7. The van der Waals surface area contributed by atoms with Crippen molar-refractivity contribution in [1.29, 1.82) is 0 Å². The van der Waals surface area contributed by atoms with Gasteiger partial charge < -0.3 is 14.7 Å². The summed E-state index contributed by atoms with van der Waals surface area (Å²) >= 11 is 1.56. The van der Waals surface area contributed by atoms with Crippen molar-refractivity contribution in [3.05, 3.63) is 52.5 Å². The van der Waals surface area contributed by atoms with E-state index in [9.17, 15) is 9.59 Å². The molecule has 1 aliphatic carbocycles. The Morgan fingerprint density at radius 1 is 1.16 bits per heavy atom. The van der Waals surface area contributed by atoms with E-state index in [0.29, 0.717) is 35.4 Å². The quantitative estimate of drug-likeness (QED) is 0.574. The van der Waals surface area contributed by atoms with Gasteiger partial charge in [0.05, 0.1) is 0 Å². The maximum atomic E-state index is 12.7. The summed E-state index contributed by atoms with van der Waals surface area (Å²) in [5, 5.41) is 10.7. The highest BCUT2D eigenvalue weighted by Crippen LogP contribution is 2.23. The number of carbonyl (C=O) groups excluding carboxylic acids is 2. The van der Waals surface area contributed by atoms with E-state index in [0.717, 1.165) is 18.4 Å². The number of amides is 2. The fourth-order valence-electron chi connectivity index (χ4n) is 3.84. The van der Waals surface area contributed by atoms with Crippen LogP contribution in [0.25, 0.3) is 11.4 Å². The number of hydrogen-bond acceptors (Lipinski definition) is 6. The van der Waals surface area contributed by atoms with E-state index >= 15 is 0 Å². The summed E-state index contributed by atoms with van der Waals surface area (Å²) in [7, 11) is 1.88. The monoisotopic (exact) mass is 438 g/mol. The molecular formula is C23H26N4O3S. The molecule has 2 heterocycles. The van der Waals surface area contributed by atoms with Crippen molar-refractivity contribution in [1.82, 2.24) is 15.0 Å². The molecule has 7 nitrogen and oxygen atoms in total. The first-order chi connectivity index (χ1) is 15.1.